The summed E-state index contributed by atoms with van der Waals surface area (Å²) in [7, 11) is 1.53. The van der Waals surface area contributed by atoms with Gasteiger partial charge in [-0.1, -0.05) is 18.2 Å². The summed E-state index contributed by atoms with van der Waals surface area (Å²) in [4.78, 5) is 56.5. The third kappa shape index (κ3) is 7.05. The number of carbonyl (C=O) groups excluding carboxylic acids is 4. The fraction of sp³-hybridized carbons (Fsp3) is 0.458. The van der Waals surface area contributed by atoms with E-state index >= 15 is 0 Å². The number of nitrogens with two attached hydrogens (primary N) is 1. The predicted molar refractivity (Wildman–Crippen MR) is 130 cm³/mol. The van der Waals surface area contributed by atoms with E-state index in [9.17, 15) is 19.2 Å². The molecule has 3 rings (SSSR count). The Balaban J connectivity index is 1.84. The molecule has 1 aliphatic heterocycles. The number of ether oxygens (including phenoxy) is 1. The van der Waals surface area contributed by atoms with Crippen LogP contribution < -0.4 is 21.7 Å². The molecule has 3 atom stereocenters. The van der Waals surface area contributed by atoms with E-state index in [4.69, 9.17) is 10.5 Å². The van der Waals surface area contributed by atoms with Gasteiger partial charge in [0.1, 0.15) is 18.1 Å². The van der Waals surface area contributed by atoms with E-state index in [2.05, 4.69) is 25.9 Å². The molecule has 0 radical (unpaired) electrons. The van der Waals surface area contributed by atoms with Gasteiger partial charge >= 0.3 is 0 Å². The molecule has 0 unspecified atom stereocenters. The average molecular weight is 485 g/mol. The van der Waals surface area contributed by atoms with Crippen molar-refractivity contribution in [2.45, 2.75) is 57.2 Å². The van der Waals surface area contributed by atoms with Gasteiger partial charge in [0.2, 0.25) is 29.5 Å². The lowest BCUT2D eigenvalue weighted by atomic mass is 10.0. The predicted octanol–water partition coefficient (Wildman–Crippen LogP) is 0.289. The number of para-hydroxylation sites is 1. The quantitative estimate of drug-likeness (QED) is 0.326. The second-order valence-electron chi connectivity index (χ2n) is 8.47. The number of aliphatic imine (C=N–C) groups is 1. The van der Waals surface area contributed by atoms with Gasteiger partial charge in [0.25, 0.3) is 0 Å². The molecular weight excluding hydrogens is 452 g/mol. The first-order valence-electron chi connectivity index (χ1n) is 11.6. The summed E-state index contributed by atoms with van der Waals surface area (Å²) in [5, 5.41) is 9.09. The first-order valence-corrected chi connectivity index (χ1v) is 11.6. The maximum Gasteiger partial charge on any atom is 0.244 e. The Bertz CT molecular complexity index is 1110. The number of hydrogen-bond donors (Lipinski definition) is 5. The number of hydrogen-bond acceptors (Lipinski definition) is 6. The normalized spacial score (nSPS) is 17.3. The van der Waals surface area contributed by atoms with Crippen molar-refractivity contribution in [1.29, 1.82) is 0 Å². The van der Waals surface area contributed by atoms with E-state index in [1.165, 1.54) is 14.0 Å². The molecular formula is C24H32N6O5. The fourth-order valence-electron chi connectivity index (χ4n) is 4.05. The molecule has 2 heterocycles. The monoisotopic (exact) mass is 484 g/mol. The van der Waals surface area contributed by atoms with E-state index in [0.29, 0.717) is 19.4 Å². The lowest BCUT2D eigenvalue weighted by Crippen LogP contribution is -2.52. The number of nitrogens with zero attached hydrogens (tertiary/aromatic N) is 1. The number of benzene rings is 1. The highest BCUT2D eigenvalue weighted by Gasteiger charge is 2.30. The number of amides is 4. The summed E-state index contributed by atoms with van der Waals surface area (Å²) in [5.74, 6) is -1.46. The van der Waals surface area contributed by atoms with Crippen molar-refractivity contribution in [3.63, 3.8) is 0 Å². The molecule has 1 aromatic carbocycles. The van der Waals surface area contributed by atoms with Gasteiger partial charge in [-0.15, -0.1) is 0 Å². The Kier molecular flexibility index (Phi) is 8.82. The van der Waals surface area contributed by atoms with Crippen LogP contribution in [-0.4, -0.2) is 66.3 Å². The van der Waals surface area contributed by atoms with Crippen LogP contribution in [0.4, 0.5) is 0 Å². The standard InChI is InChI=1S/C24H32N6O5/c1-14(31)28-20(12-15-13-27-17-7-4-3-6-16(15)17)23(34)29-19(9-10-21(25)32)24-30-18(22(33)26-2)8-5-11-35-24/h3-4,6-7,13,18-20,27H,5,8-12H2,1-2H3,(H2,25,32)(H,26,33)(H,28,31)(H,29,34)/t18-,19-,20-/m0/s1. The summed E-state index contributed by atoms with van der Waals surface area (Å²) in [5.41, 5.74) is 7.13. The average Bonchev–Trinajstić information content (AvgIpc) is 3.07. The minimum atomic E-state index is -0.885. The Morgan fingerprint density at radius 2 is 2.00 bits per heavy atom. The van der Waals surface area contributed by atoms with E-state index in [1.807, 2.05) is 30.5 Å². The van der Waals surface area contributed by atoms with Crippen LogP contribution in [0.2, 0.25) is 0 Å². The van der Waals surface area contributed by atoms with Gasteiger partial charge in [0.15, 0.2) is 0 Å². The topological polar surface area (TPSA) is 168 Å². The maximum atomic E-state index is 13.4. The number of primary amides is 1. The van der Waals surface area contributed by atoms with Crippen LogP contribution >= 0.6 is 0 Å². The summed E-state index contributed by atoms with van der Waals surface area (Å²) >= 11 is 0. The molecule has 35 heavy (non-hydrogen) atoms. The summed E-state index contributed by atoms with van der Waals surface area (Å²) < 4.78 is 5.76. The van der Waals surface area contributed by atoms with Crippen LogP contribution in [0.25, 0.3) is 10.9 Å². The van der Waals surface area contributed by atoms with Gasteiger partial charge in [-0.05, 0) is 30.9 Å². The van der Waals surface area contributed by atoms with Crippen molar-refractivity contribution < 1.29 is 23.9 Å². The summed E-state index contributed by atoms with van der Waals surface area (Å²) in [6, 6.07) is 5.33. The number of H-pyrrole nitrogens is 1. The highest BCUT2D eigenvalue weighted by molar-refractivity contribution is 5.94. The van der Waals surface area contributed by atoms with Crippen LogP contribution in [0.1, 0.15) is 38.2 Å². The Hall–Kier alpha value is -3.89. The minimum absolute atomic E-state index is 0.0226. The van der Waals surface area contributed by atoms with E-state index < -0.39 is 29.9 Å². The van der Waals surface area contributed by atoms with Crippen molar-refractivity contribution in [3.05, 3.63) is 36.0 Å². The van der Waals surface area contributed by atoms with Crippen LogP contribution in [0.3, 0.4) is 0 Å². The Morgan fingerprint density at radius 3 is 2.71 bits per heavy atom. The molecule has 0 aliphatic carbocycles. The number of aromatic nitrogens is 1. The number of carbonyl (C=O) groups is 4. The van der Waals surface area contributed by atoms with E-state index in [-0.39, 0.29) is 37.0 Å². The second kappa shape index (κ2) is 12.0. The molecule has 0 spiro atoms. The zero-order chi connectivity index (χ0) is 25.4. The number of likely N-dealkylation sites (N-methyl/N-ethyl adjacent to an activating group) is 1. The first-order chi connectivity index (χ1) is 16.8. The van der Waals surface area contributed by atoms with Crippen LogP contribution in [0, 0.1) is 0 Å². The SMILES string of the molecule is CNC(=O)[C@@H]1CCCOC([C@H](CCC(N)=O)NC(=O)[C@H](Cc2c[nH]c3ccccc23)NC(C)=O)=N1. The lowest BCUT2D eigenvalue weighted by molar-refractivity contribution is -0.128. The van der Waals surface area contributed by atoms with Crippen molar-refractivity contribution in [2.24, 2.45) is 10.7 Å². The van der Waals surface area contributed by atoms with Crippen molar-refractivity contribution in [3.8, 4) is 0 Å². The van der Waals surface area contributed by atoms with Crippen LogP contribution in [0.15, 0.2) is 35.5 Å². The molecule has 0 saturated heterocycles. The van der Waals surface area contributed by atoms with Gasteiger partial charge in [0, 0.05) is 43.9 Å². The van der Waals surface area contributed by atoms with Gasteiger partial charge < -0.3 is 31.4 Å². The number of nitrogens with one attached hydrogen (secondary N) is 4. The molecule has 6 N–H and O–H groups in total. The molecule has 11 nitrogen and oxygen atoms in total. The lowest BCUT2D eigenvalue weighted by Gasteiger charge is -2.24. The molecule has 1 aromatic heterocycles. The Morgan fingerprint density at radius 1 is 1.23 bits per heavy atom. The van der Waals surface area contributed by atoms with Gasteiger partial charge in [-0.25, -0.2) is 4.99 Å². The largest absolute Gasteiger partial charge is 0.479 e. The molecule has 11 heteroatoms. The third-order valence-corrected chi connectivity index (χ3v) is 5.79. The molecule has 2 aromatic rings. The molecule has 1 aliphatic rings. The van der Waals surface area contributed by atoms with E-state index in [1.54, 1.807) is 0 Å². The van der Waals surface area contributed by atoms with Gasteiger partial charge in [0.05, 0.1) is 6.61 Å². The number of aromatic amines is 1. The third-order valence-electron chi connectivity index (χ3n) is 5.79. The highest BCUT2D eigenvalue weighted by atomic mass is 16.5. The molecule has 0 fully saturated rings. The Labute approximate surface area is 203 Å². The van der Waals surface area contributed by atoms with Gasteiger partial charge in [-0.3, -0.25) is 19.2 Å². The summed E-state index contributed by atoms with van der Waals surface area (Å²) in [6.45, 7) is 1.66. The van der Waals surface area contributed by atoms with Gasteiger partial charge in [-0.2, -0.15) is 0 Å². The van der Waals surface area contributed by atoms with Crippen LogP contribution in [0.5, 0.6) is 0 Å². The zero-order valence-corrected chi connectivity index (χ0v) is 19.9. The minimum Gasteiger partial charge on any atom is -0.479 e. The maximum absolute atomic E-state index is 13.4. The van der Waals surface area contributed by atoms with E-state index in [0.717, 1.165) is 16.5 Å². The number of rotatable bonds is 10. The fourth-order valence-corrected chi connectivity index (χ4v) is 4.05. The summed E-state index contributed by atoms with van der Waals surface area (Å²) in [6.07, 6.45) is 3.27. The molecule has 188 valence electrons. The van der Waals surface area contributed by atoms with Crippen LogP contribution in [-0.2, 0) is 30.3 Å². The second-order valence-corrected chi connectivity index (χ2v) is 8.47. The van der Waals surface area contributed by atoms with Crippen molar-refractivity contribution in [2.75, 3.05) is 13.7 Å². The van der Waals surface area contributed by atoms with Crippen molar-refractivity contribution >= 4 is 40.4 Å². The molecule has 4 amide bonds. The van der Waals surface area contributed by atoms with Crippen molar-refractivity contribution in [1.82, 2.24) is 20.9 Å². The molecule has 0 bridgehead atoms. The first kappa shape index (κ1) is 25.7. The number of fused-ring (bicyclic) bond motifs is 1. The zero-order valence-electron chi connectivity index (χ0n) is 19.9. The smallest absolute Gasteiger partial charge is 0.244 e. The highest BCUT2D eigenvalue weighted by Crippen LogP contribution is 2.19. The molecule has 0 saturated carbocycles.